The van der Waals surface area contributed by atoms with Crippen molar-refractivity contribution >= 4 is 34.5 Å². The lowest BCUT2D eigenvalue weighted by atomic mass is 10.1. The van der Waals surface area contributed by atoms with E-state index < -0.39 is 5.97 Å². The lowest BCUT2D eigenvalue weighted by Gasteiger charge is -2.10. The van der Waals surface area contributed by atoms with E-state index in [1.165, 1.54) is 0 Å². The van der Waals surface area contributed by atoms with Gasteiger partial charge in [0.05, 0.1) is 0 Å². The Hall–Kier alpha value is -3.94. The Balaban J connectivity index is 1.48. The summed E-state index contributed by atoms with van der Waals surface area (Å²) in [5.74, 6) is 0.118. The van der Waals surface area contributed by atoms with Crippen molar-refractivity contribution in [2.75, 3.05) is 11.1 Å². The molecule has 0 saturated carbocycles. The van der Waals surface area contributed by atoms with Crippen molar-refractivity contribution in [3.63, 3.8) is 0 Å². The SMILES string of the molecule is CCc1ccccc1Nc1nc(N)nc(COC(=O)c2cc3ccccc3[nH]2)n1. The molecule has 0 aliphatic heterocycles. The van der Waals surface area contributed by atoms with Crippen molar-refractivity contribution in [2.24, 2.45) is 0 Å². The summed E-state index contributed by atoms with van der Waals surface area (Å²) in [7, 11) is 0. The first-order valence-electron chi connectivity index (χ1n) is 9.22. The second-order valence-corrected chi connectivity index (χ2v) is 6.42. The number of aromatic amines is 1. The van der Waals surface area contributed by atoms with Crippen LogP contribution in [0.5, 0.6) is 0 Å². The number of anilines is 3. The van der Waals surface area contributed by atoms with Gasteiger partial charge in [0, 0.05) is 16.6 Å². The zero-order chi connectivity index (χ0) is 20.2. The second-order valence-electron chi connectivity index (χ2n) is 6.42. The number of H-pyrrole nitrogens is 1. The van der Waals surface area contributed by atoms with Crippen LogP contribution in [0.15, 0.2) is 54.6 Å². The van der Waals surface area contributed by atoms with Crippen molar-refractivity contribution in [3.05, 3.63) is 71.7 Å². The summed E-state index contributed by atoms with van der Waals surface area (Å²) in [5.41, 5.74) is 9.05. The maximum atomic E-state index is 12.4. The number of aryl methyl sites for hydroxylation is 1. The number of nitrogens with one attached hydrogen (secondary N) is 2. The van der Waals surface area contributed by atoms with Crippen LogP contribution in [0.2, 0.25) is 0 Å². The summed E-state index contributed by atoms with van der Waals surface area (Å²) in [6.45, 7) is 1.95. The second kappa shape index (κ2) is 7.97. The molecule has 4 aromatic rings. The molecule has 0 bridgehead atoms. The quantitative estimate of drug-likeness (QED) is 0.432. The number of ether oxygens (including phenoxy) is 1. The van der Waals surface area contributed by atoms with Crippen molar-refractivity contribution in [1.29, 1.82) is 0 Å². The Bertz CT molecular complexity index is 1140. The van der Waals surface area contributed by atoms with Gasteiger partial charge in [0.2, 0.25) is 11.9 Å². The number of carbonyl (C=O) groups is 1. The number of nitrogen functional groups attached to an aromatic ring is 1. The molecule has 0 amide bonds. The molecular weight excluding hydrogens is 368 g/mol. The zero-order valence-electron chi connectivity index (χ0n) is 15.8. The number of fused-ring (bicyclic) bond motifs is 1. The number of benzene rings is 2. The number of carbonyl (C=O) groups excluding carboxylic acids is 1. The molecule has 0 unspecified atom stereocenters. The van der Waals surface area contributed by atoms with Crippen molar-refractivity contribution in [3.8, 4) is 0 Å². The molecule has 0 fully saturated rings. The Morgan fingerprint density at radius 1 is 1.10 bits per heavy atom. The van der Waals surface area contributed by atoms with Crippen LogP contribution < -0.4 is 11.1 Å². The Morgan fingerprint density at radius 2 is 1.90 bits per heavy atom. The first-order chi connectivity index (χ1) is 14.1. The highest BCUT2D eigenvalue weighted by Gasteiger charge is 2.13. The number of hydrogen-bond donors (Lipinski definition) is 3. The minimum atomic E-state index is -0.494. The van der Waals surface area contributed by atoms with Crippen LogP contribution in [-0.4, -0.2) is 25.9 Å². The first kappa shape index (κ1) is 18.4. The standard InChI is InChI=1S/C21H20N6O2/c1-2-13-7-3-5-9-15(13)24-21-26-18(25-20(22)27-21)12-29-19(28)17-11-14-8-4-6-10-16(14)23-17/h3-11,23H,2,12H2,1H3,(H3,22,24,25,26,27). The van der Waals surface area contributed by atoms with Gasteiger partial charge in [-0.05, 0) is 30.2 Å². The minimum absolute atomic E-state index is 0.0492. The van der Waals surface area contributed by atoms with Crippen molar-refractivity contribution < 1.29 is 9.53 Å². The lowest BCUT2D eigenvalue weighted by molar-refractivity contribution is 0.0456. The van der Waals surface area contributed by atoms with E-state index in [0.717, 1.165) is 28.6 Å². The van der Waals surface area contributed by atoms with Crippen LogP contribution in [-0.2, 0) is 17.8 Å². The fourth-order valence-corrected chi connectivity index (χ4v) is 3.02. The molecule has 8 heteroatoms. The van der Waals surface area contributed by atoms with E-state index >= 15 is 0 Å². The van der Waals surface area contributed by atoms with Gasteiger partial charge in [0.1, 0.15) is 5.69 Å². The van der Waals surface area contributed by atoms with E-state index in [0.29, 0.717) is 11.6 Å². The molecule has 2 aromatic heterocycles. The van der Waals surface area contributed by atoms with Crippen molar-refractivity contribution in [2.45, 2.75) is 20.0 Å². The van der Waals surface area contributed by atoms with Gasteiger partial charge in [0.15, 0.2) is 12.4 Å². The fourth-order valence-electron chi connectivity index (χ4n) is 3.02. The summed E-state index contributed by atoms with van der Waals surface area (Å²) in [4.78, 5) is 27.9. The third-order valence-electron chi connectivity index (χ3n) is 4.43. The minimum Gasteiger partial charge on any atom is -0.453 e. The number of para-hydroxylation sites is 2. The fraction of sp³-hybridized carbons (Fsp3) is 0.143. The van der Waals surface area contributed by atoms with Gasteiger partial charge in [-0.15, -0.1) is 0 Å². The molecule has 146 valence electrons. The van der Waals surface area contributed by atoms with E-state index in [1.807, 2.05) is 48.5 Å². The van der Waals surface area contributed by atoms with E-state index in [-0.39, 0.29) is 18.4 Å². The number of esters is 1. The van der Waals surface area contributed by atoms with E-state index in [2.05, 4.69) is 32.2 Å². The van der Waals surface area contributed by atoms with Gasteiger partial charge >= 0.3 is 5.97 Å². The smallest absolute Gasteiger partial charge is 0.355 e. The number of nitrogens with zero attached hydrogens (tertiary/aromatic N) is 3. The number of aromatic nitrogens is 4. The third kappa shape index (κ3) is 4.16. The van der Waals surface area contributed by atoms with Crippen LogP contribution in [0.1, 0.15) is 28.8 Å². The average molecular weight is 388 g/mol. The molecule has 0 saturated heterocycles. The normalized spacial score (nSPS) is 10.8. The Kier molecular flexibility index (Phi) is 5.07. The van der Waals surface area contributed by atoms with Crippen LogP contribution in [0, 0.1) is 0 Å². The summed E-state index contributed by atoms with van der Waals surface area (Å²) in [6.07, 6.45) is 0.860. The van der Waals surface area contributed by atoms with Crippen LogP contribution in [0.3, 0.4) is 0 Å². The number of hydrogen-bond acceptors (Lipinski definition) is 7. The maximum absolute atomic E-state index is 12.4. The van der Waals surface area contributed by atoms with Gasteiger partial charge in [-0.1, -0.05) is 43.3 Å². The Morgan fingerprint density at radius 3 is 2.72 bits per heavy atom. The number of nitrogens with two attached hydrogens (primary N) is 1. The van der Waals surface area contributed by atoms with E-state index in [1.54, 1.807) is 6.07 Å². The van der Waals surface area contributed by atoms with Crippen LogP contribution in [0.25, 0.3) is 10.9 Å². The van der Waals surface area contributed by atoms with Gasteiger partial charge in [0.25, 0.3) is 0 Å². The van der Waals surface area contributed by atoms with Crippen molar-refractivity contribution in [1.82, 2.24) is 19.9 Å². The summed E-state index contributed by atoms with van der Waals surface area (Å²) < 4.78 is 5.34. The first-order valence-corrected chi connectivity index (χ1v) is 9.22. The molecular formula is C21H20N6O2. The molecule has 4 rings (SSSR count). The van der Waals surface area contributed by atoms with Gasteiger partial charge in [-0.3, -0.25) is 0 Å². The molecule has 2 heterocycles. The maximum Gasteiger partial charge on any atom is 0.355 e. The molecule has 0 aliphatic rings. The largest absolute Gasteiger partial charge is 0.453 e. The monoisotopic (exact) mass is 388 g/mol. The summed E-state index contributed by atoms with van der Waals surface area (Å²) in [5, 5.41) is 4.09. The predicted molar refractivity (Wildman–Crippen MR) is 111 cm³/mol. The highest BCUT2D eigenvalue weighted by Crippen LogP contribution is 2.20. The highest BCUT2D eigenvalue weighted by atomic mass is 16.5. The van der Waals surface area contributed by atoms with E-state index in [9.17, 15) is 4.79 Å². The topological polar surface area (TPSA) is 119 Å². The van der Waals surface area contributed by atoms with Crippen LogP contribution in [0.4, 0.5) is 17.6 Å². The molecule has 4 N–H and O–H groups in total. The number of rotatable bonds is 6. The molecule has 8 nitrogen and oxygen atoms in total. The molecule has 0 aliphatic carbocycles. The lowest BCUT2D eigenvalue weighted by Crippen LogP contribution is -2.11. The van der Waals surface area contributed by atoms with Gasteiger partial charge in [-0.25, -0.2) is 4.79 Å². The summed E-state index contributed by atoms with van der Waals surface area (Å²) >= 11 is 0. The van der Waals surface area contributed by atoms with Gasteiger partial charge in [-0.2, -0.15) is 15.0 Å². The predicted octanol–water partition coefficient (Wildman–Crippen LogP) is 3.60. The molecule has 29 heavy (non-hydrogen) atoms. The summed E-state index contributed by atoms with van der Waals surface area (Å²) in [6, 6.07) is 17.2. The third-order valence-corrected chi connectivity index (χ3v) is 4.43. The molecule has 0 spiro atoms. The zero-order valence-corrected chi connectivity index (χ0v) is 15.8. The average Bonchev–Trinajstić information content (AvgIpc) is 3.16. The van der Waals surface area contributed by atoms with Gasteiger partial charge < -0.3 is 20.8 Å². The van der Waals surface area contributed by atoms with E-state index in [4.69, 9.17) is 10.5 Å². The van der Waals surface area contributed by atoms with Crippen LogP contribution >= 0.6 is 0 Å². The Labute approximate surface area is 167 Å². The molecule has 0 atom stereocenters. The highest BCUT2D eigenvalue weighted by molar-refractivity contribution is 5.94. The molecule has 2 aromatic carbocycles. The molecule has 0 radical (unpaired) electrons.